The molecule has 0 atom stereocenters. The molecule has 0 heterocycles. The van der Waals surface area contributed by atoms with Gasteiger partial charge in [0.1, 0.15) is 11.9 Å². The number of ether oxygens (including phenoxy) is 1. The third kappa shape index (κ3) is 5.07. The van der Waals surface area contributed by atoms with Crippen LogP contribution in [0.4, 0.5) is 10.1 Å². The first-order valence-electron chi connectivity index (χ1n) is 8.90. The highest BCUT2D eigenvalue weighted by Crippen LogP contribution is 2.33. The molecule has 5 nitrogen and oxygen atoms in total. The number of esters is 1. The SMILES string of the molecule is O=C(OC1CCCCC1)c1ccc(SCc2ccccc2F)c([N+](=O)[O-])c1. The standard InChI is InChI=1S/C20H20FNO4S/c21-17-9-5-4-6-15(17)13-27-19-11-10-14(12-18(19)22(24)25)20(23)26-16-7-2-1-3-8-16/h4-6,9-12,16H,1-3,7-8,13H2. The Labute approximate surface area is 161 Å². The first-order valence-corrected chi connectivity index (χ1v) is 9.89. The van der Waals surface area contributed by atoms with E-state index in [1.54, 1.807) is 18.2 Å². The zero-order valence-corrected chi connectivity index (χ0v) is 15.5. The largest absolute Gasteiger partial charge is 0.459 e. The summed E-state index contributed by atoms with van der Waals surface area (Å²) in [7, 11) is 0. The summed E-state index contributed by atoms with van der Waals surface area (Å²) in [6.07, 6.45) is 4.77. The Bertz CT molecular complexity index is 836. The van der Waals surface area contributed by atoms with Crippen molar-refractivity contribution in [1.29, 1.82) is 0 Å². The minimum absolute atomic E-state index is 0.111. The van der Waals surface area contributed by atoms with E-state index in [9.17, 15) is 19.3 Å². The van der Waals surface area contributed by atoms with Crippen LogP contribution < -0.4 is 0 Å². The van der Waals surface area contributed by atoms with Crippen molar-refractivity contribution < 1.29 is 18.8 Å². The van der Waals surface area contributed by atoms with Gasteiger partial charge in [-0.2, -0.15) is 0 Å². The fourth-order valence-electron chi connectivity index (χ4n) is 3.08. The minimum Gasteiger partial charge on any atom is -0.459 e. The molecule has 1 aliphatic carbocycles. The van der Waals surface area contributed by atoms with Gasteiger partial charge in [-0.25, -0.2) is 9.18 Å². The lowest BCUT2D eigenvalue weighted by Gasteiger charge is -2.21. The summed E-state index contributed by atoms with van der Waals surface area (Å²) in [5.74, 6) is -0.615. The normalized spacial score (nSPS) is 14.7. The topological polar surface area (TPSA) is 69.4 Å². The van der Waals surface area contributed by atoms with Crippen LogP contribution in [-0.2, 0) is 10.5 Å². The molecule has 0 amide bonds. The molecule has 0 aliphatic heterocycles. The van der Waals surface area contributed by atoms with E-state index >= 15 is 0 Å². The first-order chi connectivity index (χ1) is 13.0. The van der Waals surface area contributed by atoms with Gasteiger partial charge in [-0.1, -0.05) is 24.6 Å². The third-order valence-electron chi connectivity index (χ3n) is 4.56. The molecule has 27 heavy (non-hydrogen) atoms. The number of thioether (sulfide) groups is 1. The van der Waals surface area contributed by atoms with Crippen LogP contribution in [0.2, 0.25) is 0 Å². The van der Waals surface area contributed by atoms with E-state index in [0.717, 1.165) is 43.9 Å². The molecule has 7 heteroatoms. The number of carbonyl (C=O) groups excluding carboxylic acids is 1. The van der Waals surface area contributed by atoms with E-state index in [2.05, 4.69) is 0 Å². The molecule has 0 unspecified atom stereocenters. The number of hydrogen-bond donors (Lipinski definition) is 0. The van der Waals surface area contributed by atoms with Crippen LogP contribution in [-0.4, -0.2) is 17.0 Å². The van der Waals surface area contributed by atoms with Gasteiger partial charge in [-0.05, 0) is 49.4 Å². The van der Waals surface area contributed by atoms with Crippen LogP contribution in [0.25, 0.3) is 0 Å². The van der Waals surface area contributed by atoms with Crippen LogP contribution >= 0.6 is 11.8 Å². The molecular formula is C20H20FNO4S. The third-order valence-corrected chi connectivity index (χ3v) is 5.67. The van der Waals surface area contributed by atoms with E-state index in [1.165, 1.54) is 24.3 Å². The average molecular weight is 389 g/mol. The van der Waals surface area contributed by atoms with Crippen molar-refractivity contribution in [2.24, 2.45) is 0 Å². The Balaban J connectivity index is 1.73. The molecule has 2 aromatic rings. The zero-order chi connectivity index (χ0) is 19.2. The lowest BCUT2D eigenvalue weighted by atomic mass is 9.98. The summed E-state index contributed by atoms with van der Waals surface area (Å²) in [5, 5.41) is 11.4. The predicted octanol–water partition coefficient (Wildman–Crippen LogP) is 5.52. The maximum Gasteiger partial charge on any atom is 0.338 e. The minimum atomic E-state index is -0.532. The van der Waals surface area contributed by atoms with Gasteiger partial charge in [-0.15, -0.1) is 11.8 Å². The fourth-order valence-corrected chi connectivity index (χ4v) is 4.07. The van der Waals surface area contributed by atoms with Gasteiger partial charge < -0.3 is 4.74 Å². The van der Waals surface area contributed by atoms with Crippen molar-refractivity contribution in [1.82, 2.24) is 0 Å². The quantitative estimate of drug-likeness (QED) is 0.282. The molecule has 2 aromatic carbocycles. The van der Waals surface area contributed by atoms with Gasteiger partial charge in [0.05, 0.1) is 15.4 Å². The van der Waals surface area contributed by atoms with Crippen molar-refractivity contribution in [3.8, 4) is 0 Å². The van der Waals surface area contributed by atoms with Crippen molar-refractivity contribution >= 4 is 23.4 Å². The second-order valence-electron chi connectivity index (χ2n) is 6.49. The number of nitro groups is 1. The molecule has 0 radical (unpaired) electrons. The summed E-state index contributed by atoms with van der Waals surface area (Å²) >= 11 is 1.16. The van der Waals surface area contributed by atoms with E-state index in [-0.39, 0.29) is 28.9 Å². The molecule has 1 aliphatic rings. The Kier molecular flexibility index (Phi) is 6.45. The van der Waals surface area contributed by atoms with Gasteiger partial charge in [0, 0.05) is 11.8 Å². The number of rotatable bonds is 6. The highest BCUT2D eigenvalue weighted by Gasteiger charge is 2.22. The van der Waals surface area contributed by atoms with Crippen LogP contribution in [0.5, 0.6) is 0 Å². The second-order valence-corrected chi connectivity index (χ2v) is 7.50. The molecule has 1 fully saturated rings. The van der Waals surface area contributed by atoms with Gasteiger partial charge in [0.2, 0.25) is 0 Å². The van der Waals surface area contributed by atoms with Gasteiger partial charge >= 0.3 is 5.97 Å². The molecular weight excluding hydrogens is 369 g/mol. The predicted molar refractivity (Wildman–Crippen MR) is 101 cm³/mol. The summed E-state index contributed by atoms with van der Waals surface area (Å²) in [6, 6.07) is 10.6. The molecule has 0 N–H and O–H groups in total. The Morgan fingerprint density at radius 1 is 1.19 bits per heavy atom. The molecule has 3 rings (SSSR count). The summed E-state index contributed by atoms with van der Waals surface area (Å²) in [5.41, 5.74) is 0.467. The molecule has 0 bridgehead atoms. The fraction of sp³-hybridized carbons (Fsp3) is 0.350. The van der Waals surface area contributed by atoms with Gasteiger partial charge in [0.25, 0.3) is 5.69 Å². The number of nitrogens with zero attached hydrogens (tertiary/aromatic N) is 1. The van der Waals surface area contributed by atoms with Crippen LogP contribution in [0.1, 0.15) is 48.0 Å². The lowest BCUT2D eigenvalue weighted by molar-refractivity contribution is -0.387. The second kappa shape index (κ2) is 8.99. The summed E-state index contributed by atoms with van der Waals surface area (Å²) < 4.78 is 19.2. The Morgan fingerprint density at radius 3 is 2.63 bits per heavy atom. The maximum absolute atomic E-state index is 13.7. The van der Waals surface area contributed by atoms with Crippen molar-refractivity contribution in [3.05, 3.63) is 69.5 Å². The summed E-state index contributed by atoms with van der Waals surface area (Å²) in [6.45, 7) is 0. The highest BCUT2D eigenvalue weighted by atomic mass is 32.2. The molecule has 0 spiro atoms. The summed E-state index contributed by atoms with van der Waals surface area (Å²) in [4.78, 5) is 23.6. The molecule has 0 saturated heterocycles. The monoisotopic (exact) mass is 389 g/mol. The van der Waals surface area contributed by atoms with Gasteiger partial charge in [-0.3, -0.25) is 10.1 Å². The van der Waals surface area contributed by atoms with Crippen molar-refractivity contribution in [3.63, 3.8) is 0 Å². The van der Waals surface area contributed by atoms with Crippen LogP contribution in [0, 0.1) is 15.9 Å². The van der Waals surface area contributed by atoms with Crippen LogP contribution in [0.3, 0.4) is 0 Å². The van der Waals surface area contributed by atoms with E-state index in [0.29, 0.717) is 10.5 Å². The number of hydrogen-bond acceptors (Lipinski definition) is 5. The molecule has 142 valence electrons. The zero-order valence-electron chi connectivity index (χ0n) is 14.7. The number of carbonyl (C=O) groups is 1. The Hall–Kier alpha value is -2.41. The van der Waals surface area contributed by atoms with E-state index < -0.39 is 10.9 Å². The lowest BCUT2D eigenvalue weighted by Crippen LogP contribution is -2.21. The van der Waals surface area contributed by atoms with E-state index in [1.807, 2.05) is 0 Å². The molecule has 1 saturated carbocycles. The smallest absolute Gasteiger partial charge is 0.338 e. The molecule has 0 aromatic heterocycles. The first kappa shape index (κ1) is 19.4. The van der Waals surface area contributed by atoms with Crippen molar-refractivity contribution in [2.75, 3.05) is 0 Å². The highest BCUT2D eigenvalue weighted by molar-refractivity contribution is 7.98. The average Bonchev–Trinajstić information content (AvgIpc) is 2.68. The van der Waals surface area contributed by atoms with Crippen LogP contribution in [0.15, 0.2) is 47.4 Å². The number of halogens is 1. The number of benzene rings is 2. The van der Waals surface area contributed by atoms with Gasteiger partial charge in [0.15, 0.2) is 0 Å². The van der Waals surface area contributed by atoms with E-state index in [4.69, 9.17) is 4.74 Å². The number of nitro benzene ring substituents is 1. The Morgan fingerprint density at radius 2 is 1.93 bits per heavy atom. The van der Waals surface area contributed by atoms with Crippen molar-refractivity contribution in [2.45, 2.75) is 48.9 Å². The maximum atomic E-state index is 13.7.